The van der Waals surface area contributed by atoms with E-state index >= 15 is 0 Å². The van der Waals surface area contributed by atoms with Crippen molar-refractivity contribution in [3.05, 3.63) is 63.4 Å². The van der Waals surface area contributed by atoms with Gasteiger partial charge in [0.1, 0.15) is 0 Å². The SMILES string of the molecule is Cc1cccc(C)c1C(=O)Cc1ccc(Br)cn1. The van der Waals surface area contributed by atoms with E-state index in [0.717, 1.165) is 26.9 Å². The van der Waals surface area contributed by atoms with Crippen LogP contribution in [0.4, 0.5) is 0 Å². The maximum atomic E-state index is 12.3. The van der Waals surface area contributed by atoms with Crippen molar-refractivity contribution in [1.29, 1.82) is 0 Å². The van der Waals surface area contributed by atoms with Crippen LogP contribution in [0.3, 0.4) is 0 Å². The van der Waals surface area contributed by atoms with Crippen LogP contribution in [-0.4, -0.2) is 10.8 Å². The lowest BCUT2D eigenvalue weighted by Crippen LogP contribution is -2.08. The maximum absolute atomic E-state index is 12.3. The first kappa shape index (κ1) is 13.0. The smallest absolute Gasteiger partial charge is 0.169 e. The molecule has 0 bridgehead atoms. The van der Waals surface area contributed by atoms with Crippen molar-refractivity contribution in [2.45, 2.75) is 20.3 Å². The molecule has 18 heavy (non-hydrogen) atoms. The van der Waals surface area contributed by atoms with Crippen LogP contribution in [0.1, 0.15) is 27.2 Å². The monoisotopic (exact) mass is 303 g/mol. The second-order valence-corrected chi connectivity index (χ2v) is 5.25. The number of hydrogen-bond acceptors (Lipinski definition) is 2. The third-order valence-electron chi connectivity index (χ3n) is 2.89. The zero-order chi connectivity index (χ0) is 13.1. The number of rotatable bonds is 3. The summed E-state index contributed by atoms with van der Waals surface area (Å²) in [4.78, 5) is 16.5. The van der Waals surface area contributed by atoms with Gasteiger partial charge in [0.05, 0.1) is 6.42 Å². The van der Waals surface area contributed by atoms with E-state index in [1.807, 2.05) is 44.2 Å². The predicted molar refractivity (Wildman–Crippen MR) is 75.9 cm³/mol. The molecule has 0 aliphatic carbocycles. The fourth-order valence-corrected chi connectivity index (χ4v) is 2.25. The maximum Gasteiger partial charge on any atom is 0.169 e. The van der Waals surface area contributed by atoms with Crippen LogP contribution in [0.5, 0.6) is 0 Å². The lowest BCUT2D eigenvalue weighted by Gasteiger charge is -2.08. The predicted octanol–water partition coefficient (Wildman–Crippen LogP) is 3.89. The third-order valence-corrected chi connectivity index (χ3v) is 3.36. The number of nitrogens with zero attached hydrogens (tertiary/aromatic N) is 1. The molecule has 0 spiro atoms. The molecule has 0 saturated heterocycles. The number of benzene rings is 1. The molecule has 0 unspecified atom stereocenters. The second-order valence-electron chi connectivity index (χ2n) is 4.33. The van der Waals surface area contributed by atoms with Crippen LogP contribution in [-0.2, 0) is 6.42 Å². The van der Waals surface area contributed by atoms with E-state index in [-0.39, 0.29) is 5.78 Å². The van der Waals surface area contributed by atoms with E-state index in [1.165, 1.54) is 0 Å². The average Bonchev–Trinajstić information content (AvgIpc) is 2.32. The largest absolute Gasteiger partial charge is 0.294 e. The molecule has 0 atom stereocenters. The summed E-state index contributed by atoms with van der Waals surface area (Å²) in [6, 6.07) is 9.68. The number of Topliss-reactive ketones (excluding diaryl/α,β-unsaturated/α-hetero) is 1. The quantitative estimate of drug-likeness (QED) is 0.805. The summed E-state index contributed by atoms with van der Waals surface area (Å²) < 4.78 is 0.922. The zero-order valence-corrected chi connectivity index (χ0v) is 12.0. The minimum atomic E-state index is 0.125. The summed E-state index contributed by atoms with van der Waals surface area (Å²) in [7, 11) is 0. The Hall–Kier alpha value is -1.48. The highest BCUT2D eigenvalue weighted by Gasteiger charge is 2.12. The zero-order valence-electron chi connectivity index (χ0n) is 10.4. The Morgan fingerprint density at radius 1 is 1.17 bits per heavy atom. The number of carbonyl (C=O) groups excluding carboxylic acids is 1. The molecule has 0 radical (unpaired) electrons. The molecule has 1 aromatic carbocycles. The fourth-order valence-electron chi connectivity index (χ4n) is 2.02. The molecular weight excluding hydrogens is 290 g/mol. The first-order valence-electron chi connectivity index (χ1n) is 5.78. The second kappa shape index (κ2) is 5.44. The summed E-state index contributed by atoms with van der Waals surface area (Å²) in [6.45, 7) is 3.94. The summed E-state index contributed by atoms with van der Waals surface area (Å²) in [5.41, 5.74) is 3.67. The van der Waals surface area contributed by atoms with E-state index in [4.69, 9.17) is 0 Å². The molecule has 0 aliphatic rings. The number of aromatic nitrogens is 1. The molecule has 2 nitrogen and oxygen atoms in total. The molecular formula is C15H14BrNO. The van der Waals surface area contributed by atoms with Crippen LogP contribution < -0.4 is 0 Å². The molecule has 0 N–H and O–H groups in total. The lowest BCUT2D eigenvalue weighted by molar-refractivity contribution is 0.0991. The standard InChI is InChI=1S/C15H14BrNO/c1-10-4-3-5-11(2)15(10)14(18)8-13-7-6-12(16)9-17-13/h3-7,9H,8H2,1-2H3. The van der Waals surface area contributed by atoms with Crippen molar-refractivity contribution in [2.75, 3.05) is 0 Å². The molecule has 2 rings (SSSR count). The van der Waals surface area contributed by atoms with Gasteiger partial charge in [-0.05, 0) is 53.0 Å². The first-order chi connectivity index (χ1) is 8.58. The normalized spacial score (nSPS) is 10.4. The van der Waals surface area contributed by atoms with Crippen molar-refractivity contribution in [2.24, 2.45) is 0 Å². The molecule has 92 valence electrons. The van der Waals surface area contributed by atoms with Crippen molar-refractivity contribution in [1.82, 2.24) is 4.98 Å². The number of halogens is 1. The molecule has 1 aromatic heterocycles. The van der Waals surface area contributed by atoms with Gasteiger partial charge in [-0.1, -0.05) is 18.2 Å². The van der Waals surface area contributed by atoms with Gasteiger partial charge in [-0.2, -0.15) is 0 Å². The molecule has 1 heterocycles. The molecule has 0 amide bonds. The van der Waals surface area contributed by atoms with Gasteiger partial charge in [-0.15, -0.1) is 0 Å². The van der Waals surface area contributed by atoms with Crippen LogP contribution in [0.2, 0.25) is 0 Å². The van der Waals surface area contributed by atoms with E-state index in [2.05, 4.69) is 20.9 Å². The third kappa shape index (κ3) is 2.85. The number of ketones is 1. The van der Waals surface area contributed by atoms with Crippen molar-refractivity contribution >= 4 is 21.7 Å². The summed E-state index contributed by atoms with van der Waals surface area (Å²) in [5, 5.41) is 0. The topological polar surface area (TPSA) is 30.0 Å². The van der Waals surface area contributed by atoms with E-state index in [1.54, 1.807) is 6.20 Å². The van der Waals surface area contributed by atoms with Gasteiger partial charge in [-0.25, -0.2) is 0 Å². The average molecular weight is 304 g/mol. The van der Waals surface area contributed by atoms with Gasteiger partial charge in [0.2, 0.25) is 0 Å². The van der Waals surface area contributed by atoms with Gasteiger partial charge < -0.3 is 0 Å². The van der Waals surface area contributed by atoms with Crippen molar-refractivity contribution in [3.8, 4) is 0 Å². The molecule has 0 aliphatic heterocycles. The van der Waals surface area contributed by atoms with E-state index in [9.17, 15) is 4.79 Å². The number of aryl methyl sites for hydroxylation is 2. The molecule has 0 saturated carbocycles. The van der Waals surface area contributed by atoms with Crippen LogP contribution >= 0.6 is 15.9 Å². The van der Waals surface area contributed by atoms with Gasteiger partial charge in [0, 0.05) is 21.9 Å². The van der Waals surface area contributed by atoms with Crippen LogP contribution in [0.15, 0.2) is 41.0 Å². The Labute approximate surface area is 115 Å². The number of carbonyl (C=O) groups is 1. The Morgan fingerprint density at radius 2 is 1.83 bits per heavy atom. The number of hydrogen-bond donors (Lipinski definition) is 0. The van der Waals surface area contributed by atoms with Gasteiger partial charge in [-0.3, -0.25) is 9.78 Å². The summed E-state index contributed by atoms with van der Waals surface area (Å²) >= 11 is 3.33. The van der Waals surface area contributed by atoms with Crippen LogP contribution in [0, 0.1) is 13.8 Å². The van der Waals surface area contributed by atoms with E-state index < -0.39 is 0 Å². The van der Waals surface area contributed by atoms with Gasteiger partial charge in [0.25, 0.3) is 0 Å². The highest BCUT2D eigenvalue weighted by atomic mass is 79.9. The van der Waals surface area contributed by atoms with Crippen LogP contribution in [0.25, 0.3) is 0 Å². The fraction of sp³-hybridized carbons (Fsp3) is 0.200. The molecule has 3 heteroatoms. The summed E-state index contributed by atoms with van der Waals surface area (Å²) in [5.74, 6) is 0.125. The minimum absolute atomic E-state index is 0.125. The van der Waals surface area contributed by atoms with E-state index in [0.29, 0.717) is 6.42 Å². The first-order valence-corrected chi connectivity index (χ1v) is 6.57. The Kier molecular flexibility index (Phi) is 3.92. The van der Waals surface area contributed by atoms with Crippen molar-refractivity contribution < 1.29 is 4.79 Å². The van der Waals surface area contributed by atoms with Gasteiger partial charge in [0.15, 0.2) is 5.78 Å². The highest BCUT2D eigenvalue weighted by molar-refractivity contribution is 9.10. The van der Waals surface area contributed by atoms with Crippen molar-refractivity contribution in [3.63, 3.8) is 0 Å². The lowest BCUT2D eigenvalue weighted by atomic mass is 9.96. The Morgan fingerprint density at radius 3 is 2.39 bits per heavy atom. The Balaban J connectivity index is 2.25. The minimum Gasteiger partial charge on any atom is -0.294 e. The molecule has 0 fully saturated rings. The van der Waals surface area contributed by atoms with Gasteiger partial charge >= 0.3 is 0 Å². The highest BCUT2D eigenvalue weighted by Crippen LogP contribution is 2.16. The Bertz CT molecular complexity index is 555. The molecule has 2 aromatic rings. The number of pyridine rings is 1. The summed E-state index contributed by atoms with van der Waals surface area (Å²) in [6.07, 6.45) is 2.06.